The molecule has 1 aliphatic heterocycles. The van der Waals surface area contributed by atoms with Crippen LogP contribution in [-0.4, -0.2) is 41.3 Å². The van der Waals surface area contributed by atoms with Gasteiger partial charge in [-0.1, -0.05) is 11.2 Å². The van der Waals surface area contributed by atoms with E-state index in [0.717, 1.165) is 31.3 Å². The Morgan fingerprint density at radius 3 is 3.05 bits per heavy atom. The topological polar surface area (TPSA) is 85.8 Å². The summed E-state index contributed by atoms with van der Waals surface area (Å²) in [5.74, 6) is 3.05. The van der Waals surface area contributed by atoms with Crippen LogP contribution in [0.1, 0.15) is 17.5 Å². The molecule has 3 aromatic heterocycles. The molecule has 1 aliphatic rings. The monoisotopic (exact) mass is 297 g/mol. The highest BCUT2D eigenvalue weighted by Gasteiger charge is 2.21. The Balaban J connectivity index is 1.48. The van der Waals surface area contributed by atoms with Crippen molar-refractivity contribution in [3.05, 3.63) is 41.9 Å². The van der Waals surface area contributed by atoms with Gasteiger partial charge < -0.3 is 9.09 Å². The van der Waals surface area contributed by atoms with E-state index >= 15 is 0 Å². The zero-order chi connectivity index (χ0) is 14.9. The average Bonchev–Trinajstić information content (AvgIpc) is 3.16. The molecule has 0 fully saturated rings. The lowest BCUT2D eigenvalue weighted by Crippen LogP contribution is -2.33. The van der Waals surface area contributed by atoms with E-state index in [4.69, 9.17) is 4.52 Å². The number of pyridine rings is 1. The third-order valence-electron chi connectivity index (χ3n) is 3.74. The molecule has 0 radical (unpaired) electrons. The van der Waals surface area contributed by atoms with Gasteiger partial charge in [-0.15, -0.1) is 10.2 Å². The summed E-state index contributed by atoms with van der Waals surface area (Å²) < 4.78 is 7.47. The van der Waals surface area contributed by atoms with Crippen molar-refractivity contribution < 1.29 is 4.52 Å². The molecule has 3 aromatic rings. The lowest BCUT2D eigenvalue weighted by Gasteiger charge is -2.25. The number of hydrogen-bond donors (Lipinski definition) is 0. The Bertz CT molecular complexity index is 780. The van der Waals surface area contributed by atoms with Gasteiger partial charge in [0.1, 0.15) is 17.3 Å². The minimum Gasteiger partial charge on any atom is -0.337 e. The molecule has 0 aliphatic carbocycles. The van der Waals surface area contributed by atoms with Crippen molar-refractivity contribution in [2.45, 2.75) is 26.6 Å². The number of fused-ring (bicyclic) bond motifs is 1. The van der Waals surface area contributed by atoms with E-state index in [1.165, 1.54) is 0 Å². The number of aromatic nitrogens is 6. The summed E-state index contributed by atoms with van der Waals surface area (Å²) in [6.45, 7) is 5.11. The Labute approximate surface area is 126 Å². The van der Waals surface area contributed by atoms with Crippen molar-refractivity contribution in [1.29, 1.82) is 0 Å². The number of hydrogen-bond acceptors (Lipinski definition) is 7. The van der Waals surface area contributed by atoms with Crippen LogP contribution in [0, 0.1) is 6.92 Å². The van der Waals surface area contributed by atoms with E-state index in [2.05, 4.69) is 34.8 Å². The summed E-state index contributed by atoms with van der Waals surface area (Å²) >= 11 is 0. The predicted molar refractivity (Wildman–Crippen MR) is 76.4 cm³/mol. The van der Waals surface area contributed by atoms with Crippen molar-refractivity contribution in [3.63, 3.8) is 0 Å². The molecule has 0 saturated heterocycles. The lowest BCUT2D eigenvalue weighted by atomic mass is 10.3. The summed E-state index contributed by atoms with van der Waals surface area (Å²) in [7, 11) is 0. The molecular weight excluding hydrogens is 282 g/mol. The first-order chi connectivity index (χ1) is 10.8. The summed E-state index contributed by atoms with van der Waals surface area (Å²) in [6, 6.07) is 5.62. The van der Waals surface area contributed by atoms with E-state index in [9.17, 15) is 0 Å². The molecule has 4 rings (SSSR count). The van der Waals surface area contributed by atoms with Crippen LogP contribution >= 0.6 is 0 Å². The molecule has 0 aromatic carbocycles. The maximum Gasteiger partial charge on any atom is 0.241 e. The third-order valence-corrected chi connectivity index (χ3v) is 3.74. The van der Waals surface area contributed by atoms with Gasteiger partial charge in [0, 0.05) is 19.3 Å². The van der Waals surface area contributed by atoms with Crippen LogP contribution in [0.5, 0.6) is 0 Å². The van der Waals surface area contributed by atoms with E-state index in [1.807, 2.05) is 25.1 Å². The summed E-state index contributed by atoms with van der Waals surface area (Å²) in [5, 5.41) is 12.3. The van der Waals surface area contributed by atoms with E-state index in [0.29, 0.717) is 24.0 Å². The molecule has 0 saturated carbocycles. The molecule has 8 heteroatoms. The third kappa shape index (κ3) is 2.37. The lowest BCUT2D eigenvalue weighted by molar-refractivity contribution is 0.182. The van der Waals surface area contributed by atoms with Gasteiger partial charge in [0.25, 0.3) is 0 Å². The van der Waals surface area contributed by atoms with Crippen molar-refractivity contribution in [2.24, 2.45) is 0 Å². The highest BCUT2D eigenvalue weighted by Crippen LogP contribution is 2.16. The largest absolute Gasteiger partial charge is 0.337 e. The van der Waals surface area contributed by atoms with Crippen molar-refractivity contribution >= 4 is 0 Å². The molecule has 0 unspecified atom stereocenters. The van der Waals surface area contributed by atoms with Crippen LogP contribution in [0.4, 0.5) is 0 Å². The first-order valence-electron chi connectivity index (χ1n) is 7.14. The van der Waals surface area contributed by atoms with E-state index in [1.54, 1.807) is 6.20 Å². The maximum atomic E-state index is 5.33. The minimum absolute atomic E-state index is 0.520. The van der Waals surface area contributed by atoms with Gasteiger partial charge >= 0.3 is 0 Å². The van der Waals surface area contributed by atoms with Gasteiger partial charge in [-0.2, -0.15) is 4.98 Å². The molecular formula is C14H15N7O. The second-order valence-electron chi connectivity index (χ2n) is 5.25. The Kier molecular flexibility index (Phi) is 3.15. The van der Waals surface area contributed by atoms with Crippen LogP contribution in [0.15, 0.2) is 28.9 Å². The molecule has 0 atom stereocenters. The predicted octanol–water partition coefficient (Wildman–Crippen LogP) is 1.05. The van der Waals surface area contributed by atoms with Crippen LogP contribution < -0.4 is 0 Å². The van der Waals surface area contributed by atoms with Gasteiger partial charge in [-0.05, 0) is 19.1 Å². The molecule has 0 N–H and O–H groups in total. The first kappa shape index (κ1) is 13.1. The fourth-order valence-corrected chi connectivity index (χ4v) is 2.60. The fourth-order valence-electron chi connectivity index (χ4n) is 2.60. The second kappa shape index (κ2) is 5.30. The Hall–Kier alpha value is -2.61. The molecule has 22 heavy (non-hydrogen) atoms. The highest BCUT2D eigenvalue weighted by atomic mass is 16.5. The van der Waals surface area contributed by atoms with Gasteiger partial charge in [0.05, 0.1) is 13.1 Å². The summed E-state index contributed by atoms with van der Waals surface area (Å²) in [4.78, 5) is 10.9. The van der Waals surface area contributed by atoms with Crippen LogP contribution in [0.3, 0.4) is 0 Å². The van der Waals surface area contributed by atoms with Gasteiger partial charge in [-0.3, -0.25) is 9.88 Å². The SMILES string of the molecule is Cc1nnc2n1CCN(Cc1nc(-c3ccccn3)no1)C2. The van der Waals surface area contributed by atoms with E-state index in [-0.39, 0.29) is 0 Å². The standard InChI is InChI=1S/C14H15N7O/c1-10-17-18-12-8-20(6-7-21(10)12)9-13-16-14(19-22-13)11-4-2-3-5-15-11/h2-5H,6-9H2,1H3. The van der Waals surface area contributed by atoms with Crippen LogP contribution in [0.2, 0.25) is 0 Å². The van der Waals surface area contributed by atoms with Gasteiger partial charge in [0.2, 0.25) is 11.7 Å². The van der Waals surface area contributed by atoms with E-state index < -0.39 is 0 Å². The maximum absolute atomic E-state index is 5.33. The summed E-state index contributed by atoms with van der Waals surface area (Å²) in [6.07, 6.45) is 1.71. The zero-order valence-corrected chi connectivity index (χ0v) is 12.2. The summed E-state index contributed by atoms with van der Waals surface area (Å²) in [5.41, 5.74) is 0.714. The zero-order valence-electron chi connectivity index (χ0n) is 12.2. The molecule has 8 nitrogen and oxygen atoms in total. The number of nitrogens with zero attached hydrogens (tertiary/aromatic N) is 7. The fraction of sp³-hybridized carbons (Fsp3) is 0.357. The minimum atomic E-state index is 0.520. The number of rotatable bonds is 3. The quantitative estimate of drug-likeness (QED) is 0.714. The van der Waals surface area contributed by atoms with Gasteiger partial charge in [0.15, 0.2) is 0 Å². The van der Waals surface area contributed by atoms with Crippen LogP contribution in [-0.2, 0) is 19.6 Å². The second-order valence-corrected chi connectivity index (χ2v) is 5.25. The Morgan fingerprint density at radius 2 is 2.18 bits per heavy atom. The normalized spacial score (nSPS) is 15.0. The molecule has 0 amide bonds. The van der Waals surface area contributed by atoms with Crippen molar-refractivity contribution in [1.82, 2.24) is 34.8 Å². The average molecular weight is 297 g/mol. The van der Waals surface area contributed by atoms with Crippen molar-refractivity contribution in [3.8, 4) is 11.5 Å². The molecule has 0 spiro atoms. The molecule has 112 valence electrons. The van der Waals surface area contributed by atoms with Crippen molar-refractivity contribution in [2.75, 3.05) is 6.54 Å². The number of aryl methyl sites for hydroxylation is 1. The van der Waals surface area contributed by atoms with Gasteiger partial charge in [-0.25, -0.2) is 0 Å². The smallest absolute Gasteiger partial charge is 0.241 e. The molecule has 4 heterocycles. The first-order valence-corrected chi connectivity index (χ1v) is 7.14. The highest BCUT2D eigenvalue weighted by molar-refractivity contribution is 5.46. The van der Waals surface area contributed by atoms with Crippen LogP contribution in [0.25, 0.3) is 11.5 Å². The Morgan fingerprint density at radius 1 is 1.23 bits per heavy atom. The molecule has 0 bridgehead atoms.